The van der Waals surface area contributed by atoms with Crippen LogP contribution in [-0.2, 0) is 6.54 Å². The summed E-state index contributed by atoms with van der Waals surface area (Å²) in [5.74, 6) is 0.982. The van der Waals surface area contributed by atoms with E-state index >= 15 is 0 Å². The van der Waals surface area contributed by atoms with Gasteiger partial charge in [0.05, 0.1) is 0 Å². The molecule has 0 aliphatic carbocycles. The van der Waals surface area contributed by atoms with E-state index in [0.29, 0.717) is 17.8 Å². The summed E-state index contributed by atoms with van der Waals surface area (Å²) in [4.78, 5) is 18.1. The third-order valence-corrected chi connectivity index (χ3v) is 6.77. The molecule has 1 saturated heterocycles. The summed E-state index contributed by atoms with van der Waals surface area (Å²) < 4.78 is 13.4. The van der Waals surface area contributed by atoms with Crippen molar-refractivity contribution in [1.29, 1.82) is 0 Å². The summed E-state index contributed by atoms with van der Waals surface area (Å²) in [5, 5.41) is 0. The number of nitrogens with zero attached hydrogens (tertiary/aromatic N) is 2. The number of benzene rings is 3. The fourth-order valence-electron chi connectivity index (χ4n) is 5.15. The number of carbonyl (C=O) groups excluding carboxylic acids is 1. The first kappa shape index (κ1) is 24.2. The molecule has 0 radical (unpaired) electrons. The van der Waals surface area contributed by atoms with Gasteiger partial charge in [-0.2, -0.15) is 0 Å². The Labute approximate surface area is 203 Å². The van der Waals surface area contributed by atoms with Gasteiger partial charge >= 0.3 is 0 Å². The highest BCUT2D eigenvalue weighted by Gasteiger charge is 2.36. The van der Waals surface area contributed by atoms with E-state index in [1.54, 1.807) is 0 Å². The van der Waals surface area contributed by atoms with Gasteiger partial charge in [-0.1, -0.05) is 74.5 Å². The largest absolute Gasteiger partial charge is 0.338 e. The smallest absolute Gasteiger partial charge is 0.254 e. The number of likely N-dealkylation sites (tertiary alicyclic amines) is 1. The number of hydrogen-bond donors (Lipinski definition) is 0. The molecule has 4 rings (SSSR count). The van der Waals surface area contributed by atoms with Crippen LogP contribution in [0.5, 0.6) is 0 Å². The number of rotatable bonds is 8. The molecule has 0 saturated carbocycles. The highest BCUT2D eigenvalue weighted by Crippen LogP contribution is 2.34. The summed E-state index contributed by atoms with van der Waals surface area (Å²) in [7, 11) is 0. The van der Waals surface area contributed by atoms with E-state index < -0.39 is 0 Å². The monoisotopic (exact) mass is 458 g/mol. The summed E-state index contributed by atoms with van der Waals surface area (Å²) in [6.45, 7) is 10.4. The Kier molecular flexibility index (Phi) is 7.79. The third kappa shape index (κ3) is 5.92. The zero-order valence-corrected chi connectivity index (χ0v) is 20.5. The third-order valence-electron chi connectivity index (χ3n) is 6.77. The minimum Gasteiger partial charge on any atom is -0.338 e. The first-order chi connectivity index (χ1) is 16.4. The van der Waals surface area contributed by atoms with Crippen molar-refractivity contribution in [1.82, 2.24) is 9.80 Å². The molecule has 0 spiro atoms. The molecular formula is C30H35FN2O. The van der Waals surface area contributed by atoms with E-state index in [2.05, 4.69) is 54.0 Å². The Bertz CT molecular complexity index is 1080. The van der Waals surface area contributed by atoms with Crippen LogP contribution in [0.15, 0.2) is 78.9 Å². The zero-order valence-electron chi connectivity index (χ0n) is 20.5. The maximum Gasteiger partial charge on any atom is 0.254 e. The quantitative estimate of drug-likeness (QED) is 0.404. The van der Waals surface area contributed by atoms with Crippen molar-refractivity contribution in [3.8, 4) is 0 Å². The average molecular weight is 459 g/mol. The Balaban J connectivity index is 1.57. The van der Waals surface area contributed by atoms with Crippen LogP contribution in [-0.4, -0.2) is 41.9 Å². The van der Waals surface area contributed by atoms with Gasteiger partial charge in [-0.3, -0.25) is 9.69 Å². The minimum absolute atomic E-state index is 0.121. The average Bonchev–Trinajstić information content (AvgIpc) is 3.22. The topological polar surface area (TPSA) is 23.6 Å². The summed E-state index contributed by atoms with van der Waals surface area (Å²) in [6.07, 6.45) is 0. The molecule has 1 aliphatic heterocycles. The predicted molar refractivity (Wildman–Crippen MR) is 136 cm³/mol. The molecule has 1 aliphatic rings. The molecular weight excluding hydrogens is 423 g/mol. The fraction of sp³-hybridized carbons (Fsp3) is 0.367. The summed E-state index contributed by atoms with van der Waals surface area (Å²) in [6, 6.07) is 25.3. The Morgan fingerprint density at radius 1 is 0.971 bits per heavy atom. The second kappa shape index (κ2) is 11.0. The van der Waals surface area contributed by atoms with E-state index in [4.69, 9.17) is 0 Å². The van der Waals surface area contributed by atoms with Crippen molar-refractivity contribution < 1.29 is 9.18 Å². The molecule has 0 bridgehead atoms. The van der Waals surface area contributed by atoms with Gasteiger partial charge in [-0.15, -0.1) is 0 Å². The van der Waals surface area contributed by atoms with Crippen molar-refractivity contribution in [2.75, 3.05) is 26.2 Å². The van der Waals surface area contributed by atoms with Gasteiger partial charge in [-0.05, 0) is 53.6 Å². The lowest BCUT2D eigenvalue weighted by molar-refractivity contribution is 0.0702. The second-order valence-electron chi connectivity index (χ2n) is 10.0. The van der Waals surface area contributed by atoms with Crippen molar-refractivity contribution in [3.63, 3.8) is 0 Å². The molecule has 0 N–H and O–H groups in total. The maximum atomic E-state index is 13.6. The molecule has 34 heavy (non-hydrogen) atoms. The lowest BCUT2D eigenvalue weighted by Crippen LogP contribution is -2.40. The summed E-state index contributed by atoms with van der Waals surface area (Å²) >= 11 is 0. The summed E-state index contributed by atoms with van der Waals surface area (Å²) in [5.41, 5.74) is 4.25. The van der Waals surface area contributed by atoms with Crippen molar-refractivity contribution in [2.24, 2.45) is 11.8 Å². The normalized spacial score (nSPS) is 18.4. The van der Waals surface area contributed by atoms with Gasteiger partial charge in [0.15, 0.2) is 0 Å². The van der Waals surface area contributed by atoms with Crippen molar-refractivity contribution in [3.05, 3.63) is 107 Å². The number of carbonyl (C=O) groups is 1. The highest BCUT2D eigenvalue weighted by atomic mass is 19.1. The predicted octanol–water partition coefficient (Wildman–Crippen LogP) is 6.15. The molecule has 2 atom stereocenters. The fourth-order valence-corrected chi connectivity index (χ4v) is 5.15. The van der Waals surface area contributed by atoms with Crippen molar-refractivity contribution >= 4 is 5.91 Å². The van der Waals surface area contributed by atoms with Crippen LogP contribution in [0.4, 0.5) is 4.39 Å². The number of aryl methyl sites for hydroxylation is 1. The Morgan fingerprint density at radius 3 is 2.32 bits per heavy atom. The molecule has 2 unspecified atom stereocenters. The molecule has 1 heterocycles. The standard InChI is InChI=1S/C30H35FN2O/c1-22(2)17-33(30(34)28-12-8-7-9-23(28)3)20-26-19-32(18-24-13-15-27(31)16-14-24)21-29(26)25-10-5-4-6-11-25/h4-16,22,26,29H,17-21H2,1-3H3. The first-order valence-electron chi connectivity index (χ1n) is 12.3. The first-order valence-corrected chi connectivity index (χ1v) is 12.3. The van der Waals surface area contributed by atoms with Crippen LogP contribution < -0.4 is 0 Å². The van der Waals surface area contributed by atoms with E-state index in [-0.39, 0.29) is 11.7 Å². The van der Waals surface area contributed by atoms with Crippen LogP contribution in [0, 0.1) is 24.6 Å². The van der Waals surface area contributed by atoms with E-state index in [1.807, 2.05) is 43.3 Å². The molecule has 3 aromatic carbocycles. The molecule has 1 fully saturated rings. The lowest BCUT2D eigenvalue weighted by atomic mass is 9.88. The molecule has 1 amide bonds. The van der Waals surface area contributed by atoms with E-state index in [9.17, 15) is 9.18 Å². The van der Waals surface area contributed by atoms with E-state index in [0.717, 1.165) is 49.4 Å². The van der Waals surface area contributed by atoms with Gasteiger partial charge in [0.25, 0.3) is 5.91 Å². The van der Waals surface area contributed by atoms with Gasteiger partial charge in [0.2, 0.25) is 0 Å². The van der Waals surface area contributed by atoms with Gasteiger partial charge < -0.3 is 4.90 Å². The van der Waals surface area contributed by atoms with E-state index in [1.165, 1.54) is 17.7 Å². The van der Waals surface area contributed by atoms with Crippen LogP contribution in [0.25, 0.3) is 0 Å². The van der Waals surface area contributed by atoms with Crippen LogP contribution in [0.3, 0.4) is 0 Å². The number of hydrogen-bond acceptors (Lipinski definition) is 2. The molecule has 4 heteroatoms. The molecule has 3 nitrogen and oxygen atoms in total. The molecule has 178 valence electrons. The zero-order chi connectivity index (χ0) is 24.1. The van der Waals surface area contributed by atoms with Gasteiger partial charge in [0, 0.05) is 44.2 Å². The highest BCUT2D eigenvalue weighted by molar-refractivity contribution is 5.95. The van der Waals surface area contributed by atoms with Crippen molar-refractivity contribution in [2.45, 2.75) is 33.2 Å². The maximum absolute atomic E-state index is 13.6. The number of amides is 1. The van der Waals surface area contributed by atoms with Crippen LogP contribution >= 0.6 is 0 Å². The SMILES string of the molecule is Cc1ccccc1C(=O)N(CC(C)C)CC1CN(Cc2ccc(F)cc2)CC1c1ccccc1. The van der Waals surface area contributed by atoms with Gasteiger partial charge in [0.1, 0.15) is 5.82 Å². The van der Waals surface area contributed by atoms with Crippen LogP contribution in [0.1, 0.15) is 46.8 Å². The Hall–Kier alpha value is -2.98. The molecule has 3 aromatic rings. The second-order valence-corrected chi connectivity index (χ2v) is 10.0. The Morgan fingerprint density at radius 2 is 1.65 bits per heavy atom. The lowest BCUT2D eigenvalue weighted by Gasteiger charge is -2.30. The van der Waals surface area contributed by atoms with Crippen LogP contribution in [0.2, 0.25) is 0 Å². The number of halogens is 1. The minimum atomic E-state index is -0.204. The molecule has 0 aromatic heterocycles. The van der Waals surface area contributed by atoms with Gasteiger partial charge in [-0.25, -0.2) is 4.39 Å².